The molecule has 108 valence electrons. The fourth-order valence-electron chi connectivity index (χ4n) is 1.55. The molecule has 0 saturated carbocycles. The number of nitrogen functional groups attached to an aromatic ring is 1. The van der Waals surface area contributed by atoms with Gasteiger partial charge >= 0.3 is 0 Å². The third-order valence-corrected chi connectivity index (χ3v) is 2.90. The number of halogens is 2. The molecule has 0 heterocycles. The molecule has 6 nitrogen and oxygen atoms in total. The Labute approximate surface area is 123 Å². The zero-order valence-corrected chi connectivity index (χ0v) is 11.2. The average Bonchev–Trinajstić information content (AvgIpc) is 2.42. The van der Waals surface area contributed by atoms with Crippen LogP contribution in [0.3, 0.4) is 0 Å². The summed E-state index contributed by atoms with van der Waals surface area (Å²) >= 11 is 5.86. The smallest absolute Gasteiger partial charge is 0.273 e. The number of rotatable bonds is 4. The molecule has 21 heavy (non-hydrogen) atoms. The van der Waals surface area contributed by atoms with Crippen molar-refractivity contribution in [3.63, 3.8) is 0 Å². The first-order valence-electron chi connectivity index (χ1n) is 5.64. The molecule has 0 unspecified atom stereocenters. The Morgan fingerprint density at radius 3 is 2.57 bits per heavy atom. The Morgan fingerprint density at radius 1 is 1.29 bits per heavy atom. The summed E-state index contributed by atoms with van der Waals surface area (Å²) in [6.45, 7) is 0. The number of ether oxygens (including phenoxy) is 1. The molecule has 0 atom stereocenters. The number of hydrogen-bond donors (Lipinski definition) is 2. The van der Waals surface area contributed by atoms with Crippen LogP contribution in [0.2, 0.25) is 5.02 Å². The lowest BCUT2D eigenvalue weighted by atomic mass is 10.2. The molecule has 0 amide bonds. The number of amidine groups is 1. The van der Waals surface area contributed by atoms with Gasteiger partial charge in [0.15, 0.2) is 17.3 Å². The zero-order valence-electron chi connectivity index (χ0n) is 10.5. The molecule has 0 saturated heterocycles. The van der Waals surface area contributed by atoms with Crippen LogP contribution < -0.4 is 10.5 Å². The second kappa shape index (κ2) is 5.76. The molecular formula is C13H9ClFN3O3. The van der Waals surface area contributed by atoms with Crippen LogP contribution in [0, 0.1) is 21.3 Å². The quantitative estimate of drug-likeness (QED) is 0.390. The van der Waals surface area contributed by atoms with Crippen molar-refractivity contribution in [3.8, 4) is 11.5 Å². The summed E-state index contributed by atoms with van der Waals surface area (Å²) in [7, 11) is 0. The molecule has 0 bridgehead atoms. The Kier molecular flexibility index (Phi) is 4.04. The molecule has 2 rings (SSSR count). The van der Waals surface area contributed by atoms with E-state index in [9.17, 15) is 14.5 Å². The first kappa shape index (κ1) is 14.7. The van der Waals surface area contributed by atoms with Gasteiger partial charge in [-0.1, -0.05) is 11.6 Å². The first-order chi connectivity index (χ1) is 9.88. The van der Waals surface area contributed by atoms with Crippen LogP contribution in [0.25, 0.3) is 0 Å². The van der Waals surface area contributed by atoms with Crippen LogP contribution in [-0.2, 0) is 0 Å². The monoisotopic (exact) mass is 309 g/mol. The van der Waals surface area contributed by atoms with Gasteiger partial charge in [0.05, 0.1) is 16.0 Å². The average molecular weight is 310 g/mol. The van der Waals surface area contributed by atoms with E-state index >= 15 is 0 Å². The third kappa shape index (κ3) is 3.26. The van der Waals surface area contributed by atoms with E-state index in [2.05, 4.69) is 0 Å². The van der Waals surface area contributed by atoms with Crippen molar-refractivity contribution in [2.45, 2.75) is 0 Å². The minimum absolute atomic E-state index is 0.0414. The number of nitro benzene ring substituents is 1. The van der Waals surface area contributed by atoms with Gasteiger partial charge in [0.25, 0.3) is 5.69 Å². The summed E-state index contributed by atoms with van der Waals surface area (Å²) in [6, 6.07) is 7.29. The fourth-order valence-corrected chi connectivity index (χ4v) is 1.71. The second-order valence-electron chi connectivity index (χ2n) is 4.03. The van der Waals surface area contributed by atoms with Crippen molar-refractivity contribution >= 4 is 23.1 Å². The SMILES string of the molecule is N=C(N)c1ccc(Oc2cc([N+](=O)[O-])ccc2Cl)c(F)c1. The lowest BCUT2D eigenvalue weighted by molar-refractivity contribution is -0.384. The van der Waals surface area contributed by atoms with Crippen LogP contribution in [0.15, 0.2) is 36.4 Å². The highest BCUT2D eigenvalue weighted by atomic mass is 35.5. The summed E-state index contributed by atoms with van der Waals surface area (Å²) in [4.78, 5) is 10.1. The highest BCUT2D eigenvalue weighted by Crippen LogP contribution is 2.33. The molecule has 0 aliphatic rings. The third-order valence-electron chi connectivity index (χ3n) is 2.59. The lowest BCUT2D eigenvalue weighted by Gasteiger charge is -2.09. The first-order valence-corrected chi connectivity index (χ1v) is 6.02. The van der Waals surface area contributed by atoms with E-state index < -0.39 is 10.7 Å². The summed E-state index contributed by atoms with van der Waals surface area (Å²) in [6.07, 6.45) is 0. The van der Waals surface area contributed by atoms with E-state index in [-0.39, 0.29) is 33.6 Å². The molecule has 2 aromatic carbocycles. The predicted molar refractivity (Wildman–Crippen MR) is 75.6 cm³/mol. The zero-order chi connectivity index (χ0) is 15.6. The van der Waals surface area contributed by atoms with Gasteiger partial charge in [0.2, 0.25) is 0 Å². The summed E-state index contributed by atoms with van der Waals surface area (Å²) < 4.78 is 19.1. The number of nitrogens with two attached hydrogens (primary N) is 1. The van der Waals surface area contributed by atoms with Crippen LogP contribution in [0.1, 0.15) is 5.56 Å². The van der Waals surface area contributed by atoms with Crippen molar-refractivity contribution in [1.82, 2.24) is 0 Å². The van der Waals surface area contributed by atoms with Crippen molar-refractivity contribution in [2.24, 2.45) is 5.73 Å². The molecule has 8 heteroatoms. The standard InChI is InChI=1S/C13H9ClFN3O3/c14-9-3-2-8(18(19)20)6-12(9)21-11-4-1-7(13(16)17)5-10(11)15/h1-6H,(H3,16,17). The Bertz CT molecular complexity index is 737. The molecule has 0 spiro atoms. The molecule has 3 N–H and O–H groups in total. The van der Waals surface area contributed by atoms with Gasteiger partial charge in [-0.25, -0.2) is 4.39 Å². The van der Waals surface area contributed by atoms with Crippen LogP contribution in [0.4, 0.5) is 10.1 Å². The topological polar surface area (TPSA) is 102 Å². The molecule has 0 aliphatic carbocycles. The molecule has 0 aliphatic heterocycles. The van der Waals surface area contributed by atoms with Crippen molar-refractivity contribution in [2.75, 3.05) is 0 Å². The number of nitrogens with zero attached hydrogens (tertiary/aromatic N) is 1. The predicted octanol–water partition coefficient (Wildman–Crippen LogP) is 3.46. The Balaban J connectivity index is 2.36. The Hall–Kier alpha value is -2.67. The molecular weight excluding hydrogens is 301 g/mol. The van der Waals surface area contributed by atoms with E-state index in [4.69, 9.17) is 27.5 Å². The largest absolute Gasteiger partial charge is 0.452 e. The molecule has 0 aromatic heterocycles. The summed E-state index contributed by atoms with van der Waals surface area (Å²) in [5, 5.41) is 18.0. The van der Waals surface area contributed by atoms with Crippen molar-refractivity contribution in [3.05, 3.63) is 62.9 Å². The van der Waals surface area contributed by atoms with E-state index in [1.54, 1.807) is 0 Å². The Morgan fingerprint density at radius 2 is 2.00 bits per heavy atom. The van der Waals surface area contributed by atoms with Crippen LogP contribution >= 0.6 is 11.6 Å². The lowest BCUT2D eigenvalue weighted by Crippen LogP contribution is -2.11. The van der Waals surface area contributed by atoms with Gasteiger partial charge in [-0.15, -0.1) is 0 Å². The van der Waals surface area contributed by atoms with Crippen LogP contribution in [-0.4, -0.2) is 10.8 Å². The second-order valence-corrected chi connectivity index (χ2v) is 4.44. The minimum atomic E-state index is -0.759. The maximum Gasteiger partial charge on any atom is 0.273 e. The van der Waals surface area contributed by atoms with Crippen LogP contribution in [0.5, 0.6) is 11.5 Å². The van der Waals surface area contributed by atoms with Gasteiger partial charge in [0, 0.05) is 11.6 Å². The van der Waals surface area contributed by atoms with Crippen molar-refractivity contribution < 1.29 is 14.1 Å². The highest BCUT2D eigenvalue weighted by Gasteiger charge is 2.14. The fraction of sp³-hybridized carbons (Fsp3) is 0. The molecule has 0 radical (unpaired) electrons. The van der Waals surface area contributed by atoms with Gasteiger partial charge in [0.1, 0.15) is 5.84 Å². The number of hydrogen-bond acceptors (Lipinski definition) is 4. The van der Waals surface area contributed by atoms with Gasteiger partial charge < -0.3 is 10.5 Å². The molecule has 2 aromatic rings. The summed E-state index contributed by atoms with van der Waals surface area (Å²) in [5.74, 6) is -1.26. The normalized spacial score (nSPS) is 10.2. The number of nitro groups is 1. The number of benzene rings is 2. The number of nitrogens with one attached hydrogen (secondary N) is 1. The van der Waals surface area contributed by atoms with Gasteiger partial charge in [-0.2, -0.15) is 0 Å². The van der Waals surface area contributed by atoms with Gasteiger partial charge in [-0.3, -0.25) is 15.5 Å². The molecule has 0 fully saturated rings. The van der Waals surface area contributed by atoms with E-state index in [0.717, 1.165) is 12.1 Å². The maximum absolute atomic E-state index is 13.8. The van der Waals surface area contributed by atoms with E-state index in [1.165, 1.54) is 24.3 Å². The maximum atomic E-state index is 13.8. The number of non-ortho nitro benzene ring substituents is 1. The van der Waals surface area contributed by atoms with E-state index in [0.29, 0.717) is 0 Å². The van der Waals surface area contributed by atoms with E-state index in [1.807, 2.05) is 0 Å². The van der Waals surface area contributed by atoms with Crippen molar-refractivity contribution in [1.29, 1.82) is 5.41 Å². The highest BCUT2D eigenvalue weighted by molar-refractivity contribution is 6.32. The summed E-state index contributed by atoms with van der Waals surface area (Å²) in [5.41, 5.74) is 5.21. The van der Waals surface area contributed by atoms with Gasteiger partial charge in [-0.05, 0) is 24.3 Å². The minimum Gasteiger partial charge on any atom is -0.452 e.